The number of hydrazone groups is 1. The fourth-order valence-electron chi connectivity index (χ4n) is 1.68. The highest BCUT2D eigenvalue weighted by molar-refractivity contribution is 7.98. The van der Waals surface area contributed by atoms with Gasteiger partial charge < -0.3 is 4.74 Å². The van der Waals surface area contributed by atoms with Gasteiger partial charge in [-0.3, -0.25) is 4.79 Å². The van der Waals surface area contributed by atoms with Crippen molar-refractivity contribution in [2.24, 2.45) is 5.10 Å². The average molecular weight is 314 g/mol. The number of rotatable bonds is 6. The third-order valence-corrected chi connectivity index (χ3v) is 3.65. The molecule has 2 rings (SSSR count). The quantitative estimate of drug-likeness (QED) is 0.506. The Hall–Kier alpha value is -2.27. The molecule has 0 fully saturated rings. The smallest absolute Gasteiger partial charge is 0.277 e. The second-order valence-electron chi connectivity index (χ2n) is 4.67. The topological polar surface area (TPSA) is 50.7 Å². The Balaban J connectivity index is 1.76. The summed E-state index contributed by atoms with van der Waals surface area (Å²) in [6, 6.07) is 15.4. The first-order chi connectivity index (χ1) is 10.7. The van der Waals surface area contributed by atoms with Crippen molar-refractivity contribution in [3.63, 3.8) is 0 Å². The van der Waals surface area contributed by atoms with E-state index in [0.717, 1.165) is 11.1 Å². The minimum atomic E-state index is -0.294. The molecule has 0 unspecified atom stereocenters. The number of thioether (sulfide) groups is 1. The second-order valence-corrected chi connectivity index (χ2v) is 5.55. The summed E-state index contributed by atoms with van der Waals surface area (Å²) < 4.78 is 5.37. The van der Waals surface area contributed by atoms with Crippen LogP contribution in [0.3, 0.4) is 0 Å². The molecule has 0 aliphatic rings. The highest BCUT2D eigenvalue weighted by atomic mass is 32.2. The first-order valence-electron chi connectivity index (χ1n) is 6.83. The third kappa shape index (κ3) is 5.26. The molecule has 0 radical (unpaired) electrons. The van der Waals surface area contributed by atoms with Crippen molar-refractivity contribution in [1.82, 2.24) is 5.43 Å². The average Bonchev–Trinajstić information content (AvgIpc) is 2.55. The van der Waals surface area contributed by atoms with E-state index in [-0.39, 0.29) is 12.5 Å². The van der Waals surface area contributed by atoms with E-state index in [1.165, 1.54) is 4.90 Å². The summed E-state index contributed by atoms with van der Waals surface area (Å²) in [4.78, 5) is 12.8. The highest BCUT2D eigenvalue weighted by Gasteiger charge is 2.01. The minimum absolute atomic E-state index is 0.0637. The molecule has 1 amide bonds. The maximum atomic E-state index is 11.6. The summed E-state index contributed by atoms with van der Waals surface area (Å²) in [6.07, 6.45) is 3.63. The van der Waals surface area contributed by atoms with Crippen LogP contribution < -0.4 is 10.2 Å². The van der Waals surface area contributed by atoms with Gasteiger partial charge in [0, 0.05) is 4.90 Å². The molecule has 0 heterocycles. The Kier molecular flexibility index (Phi) is 6.03. The molecule has 2 aromatic rings. The van der Waals surface area contributed by atoms with Gasteiger partial charge >= 0.3 is 0 Å². The van der Waals surface area contributed by atoms with Crippen LogP contribution in [-0.2, 0) is 4.79 Å². The summed E-state index contributed by atoms with van der Waals surface area (Å²) in [5.41, 5.74) is 4.52. The van der Waals surface area contributed by atoms with Gasteiger partial charge in [-0.05, 0) is 43.0 Å². The van der Waals surface area contributed by atoms with Crippen LogP contribution >= 0.6 is 11.8 Å². The monoisotopic (exact) mass is 314 g/mol. The molecule has 0 aliphatic heterocycles. The van der Waals surface area contributed by atoms with E-state index >= 15 is 0 Å². The van der Waals surface area contributed by atoms with Crippen molar-refractivity contribution in [2.45, 2.75) is 11.8 Å². The number of nitrogens with one attached hydrogen (secondary N) is 1. The normalized spacial score (nSPS) is 10.6. The lowest BCUT2D eigenvalue weighted by atomic mass is 10.2. The number of hydrogen-bond acceptors (Lipinski definition) is 4. The lowest BCUT2D eigenvalue weighted by molar-refractivity contribution is -0.123. The molecule has 5 heteroatoms. The lowest BCUT2D eigenvalue weighted by Crippen LogP contribution is -2.24. The van der Waals surface area contributed by atoms with Crippen LogP contribution in [-0.4, -0.2) is 25.0 Å². The van der Waals surface area contributed by atoms with Gasteiger partial charge in [-0.15, -0.1) is 11.8 Å². The first kappa shape index (κ1) is 16.1. The number of hydrogen-bond donors (Lipinski definition) is 1. The number of aryl methyl sites for hydroxylation is 1. The van der Waals surface area contributed by atoms with Crippen molar-refractivity contribution in [1.29, 1.82) is 0 Å². The number of carbonyl (C=O) groups excluding carboxylic acids is 1. The summed E-state index contributed by atoms with van der Waals surface area (Å²) in [6.45, 7) is 1.93. The van der Waals surface area contributed by atoms with Gasteiger partial charge in [0.1, 0.15) is 5.75 Å². The number of benzene rings is 2. The fraction of sp³-hybridized carbons (Fsp3) is 0.176. The molecule has 1 N–H and O–H groups in total. The molecule has 114 valence electrons. The molecule has 0 atom stereocenters. The zero-order valence-corrected chi connectivity index (χ0v) is 13.4. The van der Waals surface area contributed by atoms with Crippen LogP contribution in [0.4, 0.5) is 0 Å². The summed E-state index contributed by atoms with van der Waals surface area (Å²) >= 11 is 1.68. The van der Waals surface area contributed by atoms with E-state index in [1.54, 1.807) is 18.0 Å². The van der Waals surface area contributed by atoms with Crippen LogP contribution in [0.15, 0.2) is 58.5 Å². The zero-order valence-electron chi connectivity index (χ0n) is 12.6. The summed E-state index contributed by atoms with van der Waals surface area (Å²) in [7, 11) is 0. The van der Waals surface area contributed by atoms with Gasteiger partial charge in [0.25, 0.3) is 5.91 Å². The largest absolute Gasteiger partial charge is 0.484 e. The molecule has 0 spiro atoms. The Morgan fingerprint density at radius 2 is 1.86 bits per heavy atom. The van der Waals surface area contributed by atoms with E-state index in [0.29, 0.717) is 5.75 Å². The molecular weight excluding hydrogens is 296 g/mol. The lowest BCUT2D eigenvalue weighted by Gasteiger charge is -2.05. The van der Waals surface area contributed by atoms with Gasteiger partial charge in [-0.25, -0.2) is 5.43 Å². The van der Waals surface area contributed by atoms with Crippen molar-refractivity contribution in [3.8, 4) is 5.75 Å². The summed E-state index contributed by atoms with van der Waals surface area (Å²) in [5, 5.41) is 3.91. The number of carbonyl (C=O) groups is 1. The minimum Gasteiger partial charge on any atom is -0.484 e. The first-order valence-corrected chi connectivity index (χ1v) is 8.05. The standard InChI is InChI=1S/C17H18N2O2S/c1-13-3-7-15(8-4-13)21-12-17(20)19-18-11-14-5-9-16(22-2)10-6-14/h3-11H,12H2,1-2H3,(H,19,20). The molecule has 0 saturated heterocycles. The van der Waals surface area contributed by atoms with Gasteiger partial charge in [0.15, 0.2) is 6.61 Å². The fourth-order valence-corrected chi connectivity index (χ4v) is 2.09. The molecule has 0 aromatic heterocycles. The van der Waals surface area contributed by atoms with E-state index in [1.807, 2.05) is 61.7 Å². The van der Waals surface area contributed by atoms with Gasteiger partial charge in [-0.1, -0.05) is 29.8 Å². The highest BCUT2D eigenvalue weighted by Crippen LogP contribution is 2.14. The molecule has 22 heavy (non-hydrogen) atoms. The molecule has 4 nitrogen and oxygen atoms in total. The molecule has 2 aromatic carbocycles. The van der Waals surface area contributed by atoms with E-state index in [9.17, 15) is 4.79 Å². The van der Waals surface area contributed by atoms with Crippen LogP contribution in [0.25, 0.3) is 0 Å². The second kappa shape index (κ2) is 8.24. The van der Waals surface area contributed by atoms with E-state index < -0.39 is 0 Å². The molecule has 0 bridgehead atoms. The Morgan fingerprint density at radius 1 is 1.18 bits per heavy atom. The van der Waals surface area contributed by atoms with E-state index in [4.69, 9.17) is 4.74 Å². The van der Waals surface area contributed by atoms with Crippen LogP contribution in [0, 0.1) is 6.92 Å². The SMILES string of the molecule is CSc1ccc(C=NNC(=O)COc2ccc(C)cc2)cc1. The Labute approximate surface area is 134 Å². The molecule has 0 aliphatic carbocycles. The summed E-state index contributed by atoms with van der Waals surface area (Å²) in [5.74, 6) is 0.370. The van der Waals surface area contributed by atoms with Crippen molar-refractivity contribution < 1.29 is 9.53 Å². The van der Waals surface area contributed by atoms with Crippen LogP contribution in [0.1, 0.15) is 11.1 Å². The molecule has 0 saturated carbocycles. The van der Waals surface area contributed by atoms with Gasteiger partial charge in [-0.2, -0.15) is 5.10 Å². The number of ether oxygens (including phenoxy) is 1. The maximum Gasteiger partial charge on any atom is 0.277 e. The predicted octanol–water partition coefficient (Wildman–Crippen LogP) is 3.25. The number of nitrogens with zero attached hydrogens (tertiary/aromatic N) is 1. The van der Waals surface area contributed by atoms with Gasteiger partial charge in [0.05, 0.1) is 6.21 Å². The zero-order chi connectivity index (χ0) is 15.8. The molecular formula is C17H18N2O2S. The Morgan fingerprint density at radius 3 is 2.50 bits per heavy atom. The maximum absolute atomic E-state index is 11.6. The number of amides is 1. The van der Waals surface area contributed by atoms with Gasteiger partial charge in [0.2, 0.25) is 0 Å². The van der Waals surface area contributed by atoms with Crippen LogP contribution in [0.5, 0.6) is 5.75 Å². The third-order valence-electron chi connectivity index (χ3n) is 2.91. The predicted molar refractivity (Wildman–Crippen MR) is 90.6 cm³/mol. The van der Waals surface area contributed by atoms with Crippen molar-refractivity contribution in [3.05, 3.63) is 59.7 Å². The van der Waals surface area contributed by atoms with Crippen LogP contribution in [0.2, 0.25) is 0 Å². The van der Waals surface area contributed by atoms with E-state index in [2.05, 4.69) is 10.5 Å². The van der Waals surface area contributed by atoms with Crippen molar-refractivity contribution in [2.75, 3.05) is 12.9 Å². The van der Waals surface area contributed by atoms with Crippen molar-refractivity contribution >= 4 is 23.9 Å². The Bertz CT molecular complexity index is 637.